The molecule has 0 fully saturated rings. The summed E-state index contributed by atoms with van der Waals surface area (Å²) < 4.78 is 0. The number of carbonyl (C=O) groups is 2. The summed E-state index contributed by atoms with van der Waals surface area (Å²) in [5.41, 5.74) is -0.907. The van der Waals surface area contributed by atoms with E-state index in [1.165, 1.54) is 0 Å². The zero-order valence-corrected chi connectivity index (χ0v) is 11.7. The lowest BCUT2D eigenvalue weighted by molar-refractivity contribution is 0.0681. The molecule has 0 amide bonds. The van der Waals surface area contributed by atoms with Gasteiger partial charge in [-0.2, -0.15) is 0 Å². The second-order valence-corrected chi connectivity index (χ2v) is 4.27. The number of phenols is 6. The van der Waals surface area contributed by atoms with Crippen LogP contribution in [0.4, 0.5) is 0 Å². The molecular weight excluding hydrogens is 328 g/mol. The predicted octanol–water partition coefficient (Wildman–Crippen LogP) is 1.00. The van der Waals surface area contributed by atoms with E-state index in [1.807, 2.05) is 0 Å². The summed E-state index contributed by atoms with van der Waals surface area (Å²) in [5, 5.41) is 70.1. The normalized spacial score (nSPS) is 9.67. The van der Waals surface area contributed by atoms with Crippen molar-refractivity contribution in [1.29, 1.82) is 0 Å². The van der Waals surface area contributed by atoms with Gasteiger partial charge in [-0.1, -0.05) is 0 Å². The van der Waals surface area contributed by atoms with Gasteiger partial charge < -0.3 is 40.9 Å². The fourth-order valence-corrected chi connectivity index (χ4v) is 1.48. The second-order valence-electron chi connectivity index (χ2n) is 4.27. The summed E-state index contributed by atoms with van der Waals surface area (Å²) in [6.07, 6.45) is 0. The van der Waals surface area contributed by atoms with Crippen LogP contribution in [0.15, 0.2) is 24.3 Å². The van der Waals surface area contributed by atoms with Crippen LogP contribution in [-0.4, -0.2) is 52.8 Å². The monoisotopic (exact) mass is 340 g/mol. The molecule has 0 aliphatic carbocycles. The van der Waals surface area contributed by atoms with Gasteiger partial charge >= 0.3 is 11.9 Å². The number of hydrogen-bond acceptors (Lipinski definition) is 8. The van der Waals surface area contributed by atoms with Crippen LogP contribution in [0, 0.1) is 0 Å². The van der Waals surface area contributed by atoms with E-state index < -0.39 is 57.6 Å². The van der Waals surface area contributed by atoms with Crippen LogP contribution in [0.1, 0.15) is 20.7 Å². The third kappa shape index (κ3) is 3.68. The highest BCUT2D eigenvalue weighted by atomic mass is 16.4. The molecule has 2 aromatic rings. The van der Waals surface area contributed by atoms with Gasteiger partial charge in [0.25, 0.3) is 0 Å². The second kappa shape index (κ2) is 6.96. The summed E-state index contributed by atoms with van der Waals surface area (Å²) in [5.74, 6) is -7.17. The van der Waals surface area contributed by atoms with E-state index in [-0.39, 0.29) is 0 Å². The van der Waals surface area contributed by atoms with Crippen LogP contribution < -0.4 is 0 Å². The molecule has 0 aliphatic rings. The molecule has 8 N–H and O–H groups in total. The molecule has 0 bridgehead atoms. The van der Waals surface area contributed by atoms with Crippen molar-refractivity contribution in [3.63, 3.8) is 0 Å². The lowest BCUT2D eigenvalue weighted by atomic mass is 10.2. The van der Waals surface area contributed by atoms with Gasteiger partial charge in [0, 0.05) is 0 Å². The molecule has 0 aromatic heterocycles. The molecule has 2 aromatic carbocycles. The highest BCUT2D eigenvalue weighted by Crippen LogP contribution is 2.37. The first-order chi connectivity index (χ1) is 11.1. The molecule has 10 nitrogen and oxygen atoms in total. The Labute approximate surface area is 133 Å². The average molecular weight is 340 g/mol. The van der Waals surface area contributed by atoms with Crippen molar-refractivity contribution in [2.45, 2.75) is 0 Å². The van der Waals surface area contributed by atoms with Gasteiger partial charge in [-0.25, -0.2) is 9.59 Å². The van der Waals surface area contributed by atoms with Crippen molar-refractivity contribution in [3.05, 3.63) is 35.4 Å². The molecule has 0 atom stereocenters. The molecule has 2 rings (SSSR count). The molecule has 0 aliphatic heterocycles. The third-order valence-electron chi connectivity index (χ3n) is 2.72. The van der Waals surface area contributed by atoms with Gasteiger partial charge in [0.15, 0.2) is 23.0 Å². The number of aromatic carboxylic acids is 2. The van der Waals surface area contributed by atoms with Gasteiger partial charge in [0.2, 0.25) is 11.5 Å². The van der Waals surface area contributed by atoms with Crippen molar-refractivity contribution in [2.75, 3.05) is 0 Å². The highest BCUT2D eigenvalue weighted by molar-refractivity contribution is 5.92. The van der Waals surface area contributed by atoms with E-state index in [0.29, 0.717) is 0 Å². The number of aromatic hydroxyl groups is 6. The van der Waals surface area contributed by atoms with E-state index in [0.717, 1.165) is 24.3 Å². The molecule has 0 heterocycles. The SMILES string of the molecule is O=C(O)c1ccc(O)c(O)c1O.O=C(O)c1ccc(O)c(O)c1O. The minimum atomic E-state index is -1.37. The van der Waals surface area contributed by atoms with E-state index in [4.69, 9.17) is 40.9 Å². The maximum atomic E-state index is 10.3. The van der Waals surface area contributed by atoms with E-state index in [1.54, 1.807) is 0 Å². The first-order valence-corrected chi connectivity index (χ1v) is 6.02. The maximum absolute atomic E-state index is 10.3. The molecule has 24 heavy (non-hydrogen) atoms. The Morgan fingerprint density at radius 3 is 1.08 bits per heavy atom. The summed E-state index contributed by atoms with van der Waals surface area (Å²) in [6.45, 7) is 0. The van der Waals surface area contributed by atoms with Crippen LogP contribution >= 0.6 is 0 Å². The van der Waals surface area contributed by atoms with Crippen molar-refractivity contribution in [1.82, 2.24) is 0 Å². The molecule has 0 saturated carbocycles. The van der Waals surface area contributed by atoms with Gasteiger partial charge in [-0.3, -0.25) is 0 Å². The van der Waals surface area contributed by atoms with Crippen LogP contribution in [-0.2, 0) is 0 Å². The van der Waals surface area contributed by atoms with Crippen LogP contribution in [0.25, 0.3) is 0 Å². The number of phenolic OH excluding ortho intramolecular Hbond substituents is 4. The Morgan fingerprint density at radius 1 is 0.542 bits per heavy atom. The fourth-order valence-electron chi connectivity index (χ4n) is 1.48. The molecule has 128 valence electrons. The zero-order chi connectivity index (χ0) is 18.6. The van der Waals surface area contributed by atoms with Crippen LogP contribution in [0.2, 0.25) is 0 Å². The molecule has 0 unspecified atom stereocenters. The Kier molecular flexibility index (Phi) is 5.29. The van der Waals surface area contributed by atoms with Crippen molar-refractivity contribution >= 4 is 11.9 Å². The van der Waals surface area contributed by atoms with Crippen LogP contribution in [0.3, 0.4) is 0 Å². The molecule has 10 heteroatoms. The number of rotatable bonds is 2. The number of benzene rings is 2. The van der Waals surface area contributed by atoms with E-state index in [2.05, 4.69) is 0 Å². The van der Waals surface area contributed by atoms with Crippen molar-refractivity contribution < 1.29 is 50.4 Å². The van der Waals surface area contributed by atoms with Gasteiger partial charge in [0.1, 0.15) is 11.1 Å². The lowest BCUT2D eigenvalue weighted by Crippen LogP contribution is -1.96. The summed E-state index contributed by atoms with van der Waals surface area (Å²) in [4.78, 5) is 20.7. The first kappa shape index (κ1) is 18.2. The molecule has 0 saturated heterocycles. The number of hydrogen-bond donors (Lipinski definition) is 8. The molecule has 0 radical (unpaired) electrons. The minimum absolute atomic E-state index is 0.453. The quantitative estimate of drug-likeness (QED) is 0.365. The smallest absolute Gasteiger partial charge is 0.339 e. The minimum Gasteiger partial charge on any atom is -0.504 e. The highest BCUT2D eigenvalue weighted by Gasteiger charge is 2.16. The largest absolute Gasteiger partial charge is 0.504 e. The molecule has 0 spiro atoms. The Balaban J connectivity index is 0.000000240. The van der Waals surface area contributed by atoms with E-state index >= 15 is 0 Å². The van der Waals surface area contributed by atoms with Gasteiger partial charge in [-0.05, 0) is 24.3 Å². The summed E-state index contributed by atoms with van der Waals surface area (Å²) >= 11 is 0. The maximum Gasteiger partial charge on any atom is 0.339 e. The average Bonchev–Trinajstić information content (AvgIpc) is 2.50. The predicted molar refractivity (Wildman–Crippen MR) is 76.8 cm³/mol. The zero-order valence-electron chi connectivity index (χ0n) is 11.7. The fraction of sp³-hybridized carbons (Fsp3) is 0. The third-order valence-corrected chi connectivity index (χ3v) is 2.72. The van der Waals surface area contributed by atoms with Gasteiger partial charge in [-0.15, -0.1) is 0 Å². The summed E-state index contributed by atoms with van der Waals surface area (Å²) in [7, 11) is 0. The van der Waals surface area contributed by atoms with Crippen molar-refractivity contribution in [3.8, 4) is 34.5 Å². The Bertz CT molecular complexity index is 729. The Hall–Kier alpha value is -3.82. The lowest BCUT2D eigenvalue weighted by Gasteiger charge is -2.02. The van der Waals surface area contributed by atoms with E-state index in [9.17, 15) is 9.59 Å². The topological polar surface area (TPSA) is 196 Å². The van der Waals surface area contributed by atoms with Gasteiger partial charge in [0.05, 0.1) is 0 Å². The first-order valence-electron chi connectivity index (χ1n) is 6.02. The van der Waals surface area contributed by atoms with Crippen molar-refractivity contribution in [2.24, 2.45) is 0 Å². The number of carboxylic acid groups (broad SMARTS) is 2. The standard InChI is InChI=1S/2C7H6O5/c2*8-4-2-1-3(7(11)12)5(9)6(4)10/h2*1-2,8-10H,(H,11,12). The summed E-state index contributed by atoms with van der Waals surface area (Å²) in [6, 6.07) is 3.95. The Morgan fingerprint density at radius 2 is 0.833 bits per heavy atom. The number of carboxylic acids is 2. The molecular formula is C14H12O10. The van der Waals surface area contributed by atoms with Crippen LogP contribution in [0.5, 0.6) is 34.5 Å².